The van der Waals surface area contributed by atoms with E-state index in [2.05, 4.69) is 29.2 Å². The first-order valence-corrected chi connectivity index (χ1v) is 8.44. The van der Waals surface area contributed by atoms with E-state index in [9.17, 15) is 0 Å². The fourth-order valence-corrected chi connectivity index (χ4v) is 5.13. The van der Waals surface area contributed by atoms with Gasteiger partial charge in [-0.25, -0.2) is 4.98 Å². The van der Waals surface area contributed by atoms with Crippen LogP contribution in [0.15, 0.2) is 24.3 Å². The topological polar surface area (TPSA) is 42.1 Å². The number of nitrogens with zero attached hydrogens (tertiary/aromatic N) is 2. The van der Waals surface area contributed by atoms with Crippen molar-refractivity contribution in [2.24, 2.45) is 17.6 Å². The van der Waals surface area contributed by atoms with Gasteiger partial charge in [-0.1, -0.05) is 12.1 Å². The Kier molecular flexibility index (Phi) is 3.25. The summed E-state index contributed by atoms with van der Waals surface area (Å²) in [6, 6.07) is 8.44. The average molecular weight is 287 g/mol. The van der Waals surface area contributed by atoms with Crippen molar-refractivity contribution in [1.29, 1.82) is 0 Å². The summed E-state index contributed by atoms with van der Waals surface area (Å²) in [5.74, 6) is 2.02. The second-order valence-electron chi connectivity index (χ2n) is 6.16. The van der Waals surface area contributed by atoms with Crippen LogP contribution in [0.25, 0.3) is 10.2 Å². The molecule has 5 rings (SSSR count). The summed E-state index contributed by atoms with van der Waals surface area (Å²) in [6.45, 7) is 4.54. The monoisotopic (exact) mass is 287 g/mol. The van der Waals surface area contributed by atoms with E-state index in [-0.39, 0.29) is 0 Å². The minimum atomic E-state index is 0.445. The van der Waals surface area contributed by atoms with Crippen LogP contribution < -0.4 is 5.73 Å². The zero-order valence-electron chi connectivity index (χ0n) is 11.7. The van der Waals surface area contributed by atoms with Gasteiger partial charge in [0.1, 0.15) is 0 Å². The van der Waals surface area contributed by atoms with Crippen LogP contribution in [0.2, 0.25) is 0 Å². The highest BCUT2D eigenvalue weighted by molar-refractivity contribution is 7.18. The molecule has 1 aromatic heterocycles. The van der Waals surface area contributed by atoms with Gasteiger partial charge in [0.15, 0.2) is 0 Å². The predicted octanol–water partition coefficient (Wildman–Crippen LogP) is 2.68. The zero-order chi connectivity index (χ0) is 13.5. The van der Waals surface area contributed by atoms with Gasteiger partial charge in [-0.3, -0.25) is 0 Å². The lowest BCUT2D eigenvalue weighted by Gasteiger charge is -2.47. The van der Waals surface area contributed by atoms with Crippen molar-refractivity contribution in [3.8, 4) is 0 Å². The van der Waals surface area contributed by atoms with E-state index in [1.807, 2.05) is 11.3 Å². The molecule has 2 atom stereocenters. The quantitative estimate of drug-likeness (QED) is 0.944. The Morgan fingerprint density at radius 2 is 2.10 bits per heavy atom. The van der Waals surface area contributed by atoms with E-state index in [1.165, 1.54) is 42.2 Å². The van der Waals surface area contributed by atoms with Crippen LogP contribution in [-0.2, 0) is 0 Å². The number of aromatic nitrogens is 1. The maximum absolute atomic E-state index is 6.14. The molecule has 3 aliphatic heterocycles. The molecule has 20 heavy (non-hydrogen) atoms. The number of rotatable bonds is 3. The van der Waals surface area contributed by atoms with Crippen molar-refractivity contribution in [2.45, 2.75) is 18.8 Å². The highest BCUT2D eigenvalue weighted by atomic mass is 32.1. The van der Waals surface area contributed by atoms with Gasteiger partial charge in [-0.2, -0.15) is 0 Å². The minimum Gasteiger partial charge on any atom is -0.330 e. The molecule has 106 valence electrons. The van der Waals surface area contributed by atoms with Gasteiger partial charge in [0, 0.05) is 19.0 Å². The third kappa shape index (κ3) is 2.07. The van der Waals surface area contributed by atoms with Crippen LogP contribution in [0.1, 0.15) is 23.8 Å². The average Bonchev–Trinajstić information content (AvgIpc) is 2.93. The third-order valence-corrected chi connectivity index (χ3v) is 6.27. The summed E-state index contributed by atoms with van der Waals surface area (Å²) in [5.41, 5.74) is 7.27. The number of nitrogens with two attached hydrogens (primary N) is 1. The van der Waals surface area contributed by atoms with Crippen molar-refractivity contribution in [3.63, 3.8) is 0 Å². The Labute approximate surface area is 123 Å². The van der Waals surface area contributed by atoms with Gasteiger partial charge in [0.05, 0.1) is 15.2 Å². The molecule has 0 radical (unpaired) electrons. The standard InChI is InChI=1S/C16H21N3S/c17-9-12(13-10-19-7-5-11(13)6-8-19)16-18-14-3-1-2-4-15(14)20-16/h1-4,11-13H,5-10,17H2. The molecular formula is C16H21N3S. The molecule has 3 aliphatic rings. The lowest BCUT2D eigenvalue weighted by atomic mass is 9.72. The zero-order valence-corrected chi connectivity index (χ0v) is 12.5. The van der Waals surface area contributed by atoms with Crippen molar-refractivity contribution in [3.05, 3.63) is 29.3 Å². The number of piperidine rings is 3. The molecule has 2 bridgehead atoms. The van der Waals surface area contributed by atoms with Crippen molar-refractivity contribution in [1.82, 2.24) is 9.88 Å². The molecule has 4 heteroatoms. The number of thiazole rings is 1. The first-order valence-electron chi connectivity index (χ1n) is 7.63. The molecule has 0 aliphatic carbocycles. The summed E-state index contributed by atoms with van der Waals surface area (Å²) in [4.78, 5) is 7.47. The van der Waals surface area contributed by atoms with E-state index in [0.29, 0.717) is 11.8 Å². The maximum Gasteiger partial charge on any atom is 0.0985 e. The number of fused-ring (bicyclic) bond motifs is 4. The smallest absolute Gasteiger partial charge is 0.0985 e. The number of para-hydroxylation sites is 1. The Morgan fingerprint density at radius 3 is 2.75 bits per heavy atom. The van der Waals surface area contributed by atoms with Crippen molar-refractivity contribution in [2.75, 3.05) is 26.2 Å². The number of hydrogen-bond acceptors (Lipinski definition) is 4. The molecule has 2 aromatic rings. The van der Waals surface area contributed by atoms with Crippen LogP contribution in [0, 0.1) is 11.8 Å². The molecular weight excluding hydrogens is 266 g/mol. The molecule has 1 aromatic carbocycles. The first-order chi connectivity index (χ1) is 9.85. The molecule has 2 N–H and O–H groups in total. The summed E-state index contributed by atoms with van der Waals surface area (Å²) >= 11 is 1.84. The number of benzene rings is 1. The van der Waals surface area contributed by atoms with Gasteiger partial charge in [0.2, 0.25) is 0 Å². The highest BCUT2D eigenvalue weighted by Gasteiger charge is 2.39. The Balaban J connectivity index is 1.67. The summed E-state index contributed by atoms with van der Waals surface area (Å²) in [5, 5.41) is 1.26. The van der Waals surface area contributed by atoms with Gasteiger partial charge < -0.3 is 10.6 Å². The first kappa shape index (κ1) is 12.7. The van der Waals surface area contributed by atoms with E-state index in [4.69, 9.17) is 10.7 Å². The van der Waals surface area contributed by atoms with Gasteiger partial charge in [0.25, 0.3) is 0 Å². The van der Waals surface area contributed by atoms with E-state index >= 15 is 0 Å². The SMILES string of the molecule is NCC(c1nc2ccccc2s1)C1CN2CCC1CC2. The normalized spacial score (nSPS) is 30.8. The molecule has 3 nitrogen and oxygen atoms in total. The van der Waals surface area contributed by atoms with Crippen LogP contribution >= 0.6 is 11.3 Å². The fraction of sp³-hybridized carbons (Fsp3) is 0.562. The molecule has 4 heterocycles. The largest absolute Gasteiger partial charge is 0.330 e. The highest BCUT2D eigenvalue weighted by Crippen LogP contribution is 2.42. The van der Waals surface area contributed by atoms with Crippen molar-refractivity contribution < 1.29 is 0 Å². The molecule has 3 fully saturated rings. The van der Waals surface area contributed by atoms with Crippen LogP contribution in [0.3, 0.4) is 0 Å². The Bertz CT molecular complexity index is 568. The second kappa shape index (κ2) is 5.10. The molecule has 3 saturated heterocycles. The molecule has 0 amide bonds. The van der Waals surface area contributed by atoms with Crippen LogP contribution in [0.4, 0.5) is 0 Å². The lowest BCUT2D eigenvalue weighted by Crippen LogP contribution is -2.50. The van der Waals surface area contributed by atoms with E-state index in [0.717, 1.165) is 18.0 Å². The van der Waals surface area contributed by atoms with Gasteiger partial charge in [-0.15, -0.1) is 11.3 Å². The molecule has 0 saturated carbocycles. The van der Waals surface area contributed by atoms with E-state index in [1.54, 1.807) is 0 Å². The maximum atomic E-state index is 6.14. The Morgan fingerprint density at radius 1 is 1.30 bits per heavy atom. The van der Waals surface area contributed by atoms with Gasteiger partial charge >= 0.3 is 0 Å². The van der Waals surface area contributed by atoms with Crippen LogP contribution in [-0.4, -0.2) is 36.1 Å². The second-order valence-corrected chi connectivity index (χ2v) is 7.23. The Hall–Kier alpha value is -0.970. The van der Waals surface area contributed by atoms with Gasteiger partial charge in [-0.05, 0) is 49.9 Å². The summed E-state index contributed by atoms with van der Waals surface area (Å²) in [6.07, 6.45) is 2.71. The summed E-state index contributed by atoms with van der Waals surface area (Å²) < 4.78 is 1.29. The van der Waals surface area contributed by atoms with Crippen LogP contribution in [0.5, 0.6) is 0 Å². The molecule has 2 unspecified atom stereocenters. The van der Waals surface area contributed by atoms with E-state index < -0.39 is 0 Å². The van der Waals surface area contributed by atoms with Crippen molar-refractivity contribution >= 4 is 21.6 Å². The predicted molar refractivity (Wildman–Crippen MR) is 84.1 cm³/mol. The summed E-state index contributed by atoms with van der Waals surface area (Å²) in [7, 11) is 0. The minimum absolute atomic E-state index is 0.445. The molecule has 0 spiro atoms. The lowest BCUT2D eigenvalue weighted by molar-refractivity contribution is 0.0379. The third-order valence-electron chi connectivity index (χ3n) is 5.11. The fourth-order valence-electron chi connectivity index (χ4n) is 3.97. The number of hydrogen-bond donors (Lipinski definition) is 1.